The maximum absolute atomic E-state index is 12.3. The molecule has 1 nitrogen and oxygen atoms in total. The molecule has 2 atom stereocenters. The van der Waals surface area contributed by atoms with Gasteiger partial charge in [0.1, 0.15) is 5.75 Å². The summed E-state index contributed by atoms with van der Waals surface area (Å²) >= 11 is 0. The van der Waals surface area contributed by atoms with Gasteiger partial charge in [-0.2, -0.15) is 8.78 Å². The summed E-state index contributed by atoms with van der Waals surface area (Å²) < 4.78 is 29.0. The molecule has 2 unspecified atom stereocenters. The molecule has 0 heterocycles. The van der Waals surface area contributed by atoms with Crippen LogP contribution < -0.4 is 10.0 Å². The third-order valence-corrected chi connectivity index (χ3v) is 2.43. The molecule has 13 heavy (non-hydrogen) atoms. The third-order valence-electron chi connectivity index (χ3n) is 1.40. The molecule has 0 N–H and O–H groups in total. The van der Waals surface area contributed by atoms with Gasteiger partial charge in [-0.25, -0.2) is 0 Å². The molecule has 1 aromatic rings. The van der Waals surface area contributed by atoms with E-state index < -0.39 is 5.85 Å². The van der Waals surface area contributed by atoms with Crippen LogP contribution in [0.3, 0.4) is 0 Å². The van der Waals surface area contributed by atoms with Crippen LogP contribution in [0.15, 0.2) is 24.3 Å². The Morgan fingerprint density at radius 2 is 1.85 bits per heavy atom. The Bertz CT molecular complexity index is 268. The van der Waals surface area contributed by atoms with E-state index in [1.54, 1.807) is 24.3 Å². The summed E-state index contributed by atoms with van der Waals surface area (Å²) in [6, 6.07) is 6.65. The summed E-state index contributed by atoms with van der Waals surface area (Å²) in [5, 5.41) is 1.12. The SMILES string of the molecule is CPc1ccc(OC(F)(F)P)cc1. The van der Waals surface area contributed by atoms with Crippen molar-refractivity contribution in [3.05, 3.63) is 24.3 Å². The maximum Gasteiger partial charge on any atom is 0.408 e. The zero-order valence-electron chi connectivity index (χ0n) is 7.05. The van der Waals surface area contributed by atoms with E-state index in [9.17, 15) is 8.78 Å². The van der Waals surface area contributed by atoms with Crippen LogP contribution in [0.25, 0.3) is 0 Å². The molecule has 0 amide bonds. The van der Waals surface area contributed by atoms with Crippen molar-refractivity contribution in [3.63, 3.8) is 0 Å². The van der Waals surface area contributed by atoms with Crippen LogP contribution in [0.1, 0.15) is 0 Å². The summed E-state index contributed by atoms with van der Waals surface area (Å²) in [6.45, 7) is 2.03. The highest BCUT2D eigenvalue weighted by molar-refractivity contribution is 7.46. The Balaban J connectivity index is 2.70. The van der Waals surface area contributed by atoms with Gasteiger partial charge in [-0.1, -0.05) is 20.7 Å². The molecule has 0 saturated heterocycles. The molecule has 0 saturated carbocycles. The molecule has 0 radical (unpaired) electrons. The van der Waals surface area contributed by atoms with E-state index in [0.29, 0.717) is 8.58 Å². The lowest BCUT2D eigenvalue weighted by Crippen LogP contribution is -2.14. The van der Waals surface area contributed by atoms with Crippen molar-refractivity contribution in [2.45, 2.75) is 5.85 Å². The molecule has 1 aromatic carbocycles. The monoisotopic (exact) mass is 222 g/mol. The zero-order valence-corrected chi connectivity index (χ0v) is 9.21. The number of hydrogen-bond donors (Lipinski definition) is 0. The van der Waals surface area contributed by atoms with Crippen LogP contribution >= 0.6 is 17.8 Å². The third kappa shape index (κ3) is 3.97. The Labute approximate surface area is 79.9 Å². The smallest absolute Gasteiger partial charge is 0.408 e. The van der Waals surface area contributed by atoms with Gasteiger partial charge < -0.3 is 4.74 Å². The highest BCUT2D eigenvalue weighted by Gasteiger charge is 2.22. The predicted octanol–water partition coefficient (Wildman–Crippen LogP) is 2.42. The average Bonchev–Trinajstić information content (AvgIpc) is 2.03. The zero-order chi connectivity index (χ0) is 9.90. The Kier molecular flexibility index (Phi) is 3.58. The first-order valence-electron chi connectivity index (χ1n) is 3.65. The van der Waals surface area contributed by atoms with E-state index >= 15 is 0 Å². The molecule has 0 aliphatic carbocycles. The van der Waals surface area contributed by atoms with Gasteiger partial charge in [-0.05, 0) is 33.3 Å². The molecule has 1 rings (SSSR count). The van der Waals surface area contributed by atoms with E-state index in [1.165, 1.54) is 9.24 Å². The highest BCUT2D eigenvalue weighted by Crippen LogP contribution is 2.26. The maximum atomic E-state index is 12.3. The van der Waals surface area contributed by atoms with E-state index in [2.05, 4.69) is 4.74 Å². The molecule has 0 fully saturated rings. The minimum Gasteiger partial charge on any atom is -0.430 e. The fourth-order valence-electron chi connectivity index (χ4n) is 0.847. The van der Waals surface area contributed by atoms with Crippen molar-refractivity contribution in [1.82, 2.24) is 0 Å². The standard InChI is InChI=1S/C8H10F2OP2/c1-13-7-4-2-6(3-5-7)11-8(9,10)12/h2-5,13H,12H2,1H3. The minimum absolute atomic E-state index is 0.182. The van der Waals surface area contributed by atoms with Gasteiger partial charge in [0.15, 0.2) is 0 Å². The first-order chi connectivity index (χ1) is 6.01. The minimum atomic E-state index is -3.18. The fraction of sp³-hybridized carbons (Fsp3) is 0.250. The second-order valence-corrected chi connectivity index (χ2v) is 4.19. The van der Waals surface area contributed by atoms with Crippen LogP contribution in [-0.4, -0.2) is 12.5 Å². The summed E-state index contributed by atoms with van der Waals surface area (Å²) in [6.07, 6.45) is 0. The number of ether oxygens (including phenoxy) is 1. The van der Waals surface area contributed by atoms with Gasteiger partial charge in [0, 0.05) is 0 Å². The number of rotatable bonds is 3. The molecule has 5 heteroatoms. The van der Waals surface area contributed by atoms with E-state index in [4.69, 9.17) is 0 Å². The van der Waals surface area contributed by atoms with Crippen LogP contribution in [0, 0.1) is 0 Å². The van der Waals surface area contributed by atoms with Crippen molar-refractivity contribution >= 4 is 23.1 Å². The quantitative estimate of drug-likeness (QED) is 0.713. The molecule has 0 aromatic heterocycles. The first kappa shape index (κ1) is 10.8. The van der Waals surface area contributed by atoms with E-state index in [-0.39, 0.29) is 5.75 Å². The summed E-state index contributed by atoms with van der Waals surface area (Å²) in [4.78, 5) is 0. The van der Waals surface area contributed by atoms with Gasteiger partial charge in [0.2, 0.25) is 0 Å². The van der Waals surface area contributed by atoms with Crippen molar-refractivity contribution in [2.75, 3.05) is 6.66 Å². The van der Waals surface area contributed by atoms with Crippen LogP contribution in [-0.2, 0) is 0 Å². The van der Waals surface area contributed by atoms with Crippen LogP contribution in [0.4, 0.5) is 8.78 Å². The lowest BCUT2D eigenvalue weighted by molar-refractivity contribution is -0.0892. The number of halogens is 2. The average molecular weight is 222 g/mol. The van der Waals surface area contributed by atoms with Crippen molar-refractivity contribution < 1.29 is 13.5 Å². The van der Waals surface area contributed by atoms with E-state index in [0.717, 1.165) is 5.30 Å². The second kappa shape index (κ2) is 4.30. The topological polar surface area (TPSA) is 9.23 Å². The summed E-state index contributed by atoms with van der Waals surface area (Å²) in [5.74, 6) is -3.00. The number of benzene rings is 1. The van der Waals surface area contributed by atoms with E-state index in [1.807, 2.05) is 6.66 Å². The summed E-state index contributed by atoms with van der Waals surface area (Å²) in [5.41, 5.74) is 0. The van der Waals surface area contributed by atoms with Gasteiger partial charge >= 0.3 is 5.85 Å². The van der Waals surface area contributed by atoms with Crippen molar-refractivity contribution in [3.8, 4) is 5.75 Å². The van der Waals surface area contributed by atoms with Gasteiger partial charge in [-0.3, -0.25) is 0 Å². The predicted molar refractivity (Wildman–Crippen MR) is 55.6 cm³/mol. The van der Waals surface area contributed by atoms with Crippen molar-refractivity contribution in [2.24, 2.45) is 0 Å². The second-order valence-electron chi connectivity index (χ2n) is 2.44. The summed E-state index contributed by atoms with van der Waals surface area (Å²) in [7, 11) is 2.00. The molecule has 0 bridgehead atoms. The van der Waals surface area contributed by atoms with Crippen LogP contribution in [0.5, 0.6) is 5.75 Å². The lowest BCUT2D eigenvalue weighted by atomic mass is 10.3. The molecular formula is C8H10F2OP2. The Morgan fingerprint density at radius 3 is 2.23 bits per heavy atom. The first-order valence-corrected chi connectivity index (χ1v) is 5.72. The van der Waals surface area contributed by atoms with Crippen molar-refractivity contribution in [1.29, 1.82) is 0 Å². The highest BCUT2D eigenvalue weighted by atomic mass is 31.1. The molecule has 0 aliphatic heterocycles. The Hall–Kier alpha value is -0.260. The van der Waals surface area contributed by atoms with Gasteiger partial charge in [0.25, 0.3) is 0 Å². The lowest BCUT2D eigenvalue weighted by Gasteiger charge is -2.12. The fourth-order valence-corrected chi connectivity index (χ4v) is 1.48. The largest absolute Gasteiger partial charge is 0.430 e. The number of alkyl halides is 2. The molecule has 0 aliphatic rings. The van der Waals surface area contributed by atoms with Gasteiger partial charge in [-0.15, -0.1) is 0 Å². The number of hydrogen-bond acceptors (Lipinski definition) is 1. The molecule has 0 spiro atoms. The molecule has 72 valence electrons. The van der Waals surface area contributed by atoms with Gasteiger partial charge in [0.05, 0.1) is 0 Å². The Morgan fingerprint density at radius 1 is 1.31 bits per heavy atom. The van der Waals surface area contributed by atoms with Crippen LogP contribution in [0.2, 0.25) is 0 Å². The normalized spacial score (nSPS) is 12.3. The molecular weight excluding hydrogens is 212 g/mol.